The molecule has 0 aliphatic carbocycles. The monoisotopic (exact) mass is 286 g/mol. The Morgan fingerprint density at radius 1 is 1.47 bits per heavy atom. The van der Waals surface area contributed by atoms with E-state index in [9.17, 15) is 17.6 Å². The molecule has 1 fully saturated rings. The fourth-order valence-corrected chi connectivity index (χ4v) is 3.88. The molecule has 2 N–H and O–H groups in total. The van der Waals surface area contributed by atoms with Crippen molar-refractivity contribution >= 4 is 21.4 Å². The molecule has 1 unspecified atom stereocenters. The van der Waals surface area contributed by atoms with Gasteiger partial charge in [-0.1, -0.05) is 0 Å². The van der Waals surface area contributed by atoms with Crippen molar-refractivity contribution in [1.82, 2.24) is 4.90 Å². The van der Waals surface area contributed by atoms with Gasteiger partial charge >= 0.3 is 0 Å². The lowest BCUT2D eigenvalue weighted by Crippen LogP contribution is -2.37. The third-order valence-corrected chi connectivity index (χ3v) is 5.07. The van der Waals surface area contributed by atoms with Gasteiger partial charge < -0.3 is 10.6 Å². The molecule has 0 radical (unpaired) electrons. The Bertz CT molecular complexity index is 615. The molecule has 0 aromatic heterocycles. The highest BCUT2D eigenvalue weighted by atomic mass is 32.2. The lowest BCUT2D eigenvalue weighted by molar-refractivity contribution is 0.0747. The maximum absolute atomic E-state index is 13.3. The van der Waals surface area contributed by atoms with E-state index in [-0.39, 0.29) is 28.8 Å². The quantitative estimate of drug-likeness (QED) is 0.810. The van der Waals surface area contributed by atoms with E-state index in [0.29, 0.717) is 6.42 Å². The number of halogens is 1. The van der Waals surface area contributed by atoms with Crippen molar-refractivity contribution in [3.8, 4) is 0 Å². The van der Waals surface area contributed by atoms with Crippen molar-refractivity contribution in [3.63, 3.8) is 0 Å². The van der Waals surface area contributed by atoms with Gasteiger partial charge in [0.15, 0.2) is 9.84 Å². The summed E-state index contributed by atoms with van der Waals surface area (Å²) in [5.41, 5.74) is 5.48. The minimum absolute atomic E-state index is 0.0253. The van der Waals surface area contributed by atoms with Crippen LogP contribution in [0.4, 0.5) is 10.1 Å². The van der Waals surface area contributed by atoms with Crippen LogP contribution in [0.15, 0.2) is 18.2 Å². The molecule has 0 spiro atoms. The molecule has 1 saturated heterocycles. The summed E-state index contributed by atoms with van der Waals surface area (Å²) in [5.74, 6) is -1.00. The summed E-state index contributed by atoms with van der Waals surface area (Å²) < 4.78 is 36.1. The molecule has 7 heteroatoms. The minimum Gasteiger partial charge on any atom is -0.396 e. The number of nitrogen functional groups attached to an aromatic ring is 1. The first kappa shape index (κ1) is 13.8. The van der Waals surface area contributed by atoms with Crippen LogP contribution < -0.4 is 5.73 Å². The number of carbonyl (C=O) groups is 1. The fraction of sp³-hybridized carbons (Fsp3) is 0.417. The third kappa shape index (κ3) is 2.86. The Kier molecular flexibility index (Phi) is 3.49. The summed E-state index contributed by atoms with van der Waals surface area (Å²) in [6.45, 7) is 0. The maximum atomic E-state index is 13.3. The number of hydrogen-bond donors (Lipinski definition) is 1. The highest BCUT2D eigenvalue weighted by Gasteiger charge is 2.33. The van der Waals surface area contributed by atoms with Crippen molar-refractivity contribution in [2.45, 2.75) is 12.5 Å². The maximum Gasteiger partial charge on any atom is 0.253 e. The first-order chi connectivity index (χ1) is 8.80. The van der Waals surface area contributed by atoms with Crippen LogP contribution in [0.25, 0.3) is 0 Å². The van der Waals surface area contributed by atoms with Gasteiger partial charge in [0.1, 0.15) is 5.82 Å². The van der Waals surface area contributed by atoms with E-state index in [1.165, 1.54) is 24.1 Å². The van der Waals surface area contributed by atoms with Crippen molar-refractivity contribution in [2.75, 3.05) is 24.3 Å². The molecule has 1 atom stereocenters. The summed E-state index contributed by atoms with van der Waals surface area (Å²) in [7, 11) is -1.53. The number of sulfone groups is 1. The Hall–Kier alpha value is -1.63. The molecule has 0 saturated carbocycles. The second-order valence-corrected chi connectivity index (χ2v) is 6.94. The lowest BCUT2D eigenvalue weighted by atomic mass is 10.1. The van der Waals surface area contributed by atoms with Gasteiger partial charge in [0.05, 0.1) is 17.2 Å². The highest BCUT2D eigenvalue weighted by molar-refractivity contribution is 7.91. The summed E-state index contributed by atoms with van der Waals surface area (Å²) in [5, 5.41) is 0. The molecule has 5 nitrogen and oxygen atoms in total. The zero-order valence-electron chi connectivity index (χ0n) is 10.5. The van der Waals surface area contributed by atoms with Crippen LogP contribution in [-0.4, -0.2) is 43.8 Å². The van der Waals surface area contributed by atoms with Gasteiger partial charge in [-0.2, -0.15) is 0 Å². The standard InChI is InChI=1S/C12H15FN2O3S/c1-15(9-4-5-19(17,18)7-9)12(16)8-2-3-11(14)10(13)6-8/h2-3,6,9H,4-5,7,14H2,1H3. The average Bonchev–Trinajstić information content (AvgIpc) is 2.71. The zero-order chi connectivity index (χ0) is 14.2. The number of nitrogens with two attached hydrogens (primary N) is 1. The van der Waals surface area contributed by atoms with E-state index in [1.807, 2.05) is 0 Å². The van der Waals surface area contributed by atoms with Gasteiger partial charge in [0, 0.05) is 18.7 Å². The summed E-state index contributed by atoms with van der Waals surface area (Å²) >= 11 is 0. The first-order valence-electron chi connectivity index (χ1n) is 5.83. The predicted octanol–water partition coefficient (Wildman–Crippen LogP) is 0.667. The molecule has 1 aliphatic rings. The van der Waals surface area contributed by atoms with Crippen molar-refractivity contribution in [2.24, 2.45) is 0 Å². The molecule has 2 rings (SSSR count). The van der Waals surface area contributed by atoms with Gasteiger partial charge in [-0.25, -0.2) is 12.8 Å². The molecule has 1 aromatic rings. The van der Waals surface area contributed by atoms with E-state index >= 15 is 0 Å². The summed E-state index contributed by atoms with van der Waals surface area (Å²) in [4.78, 5) is 13.5. The van der Waals surface area contributed by atoms with E-state index in [0.717, 1.165) is 6.07 Å². The van der Waals surface area contributed by atoms with E-state index < -0.39 is 21.6 Å². The molecule has 104 valence electrons. The largest absolute Gasteiger partial charge is 0.396 e. The molecule has 1 heterocycles. The topological polar surface area (TPSA) is 80.5 Å². The minimum atomic E-state index is -3.06. The number of amides is 1. The Labute approximate surface area is 111 Å². The third-order valence-electron chi connectivity index (χ3n) is 3.32. The van der Waals surface area contributed by atoms with Crippen molar-refractivity contribution < 1.29 is 17.6 Å². The number of nitrogens with zero attached hydrogens (tertiary/aromatic N) is 1. The zero-order valence-corrected chi connectivity index (χ0v) is 11.3. The van der Waals surface area contributed by atoms with E-state index in [2.05, 4.69) is 0 Å². The van der Waals surface area contributed by atoms with Crippen molar-refractivity contribution in [1.29, 1.82) is 0 Å². The van der Waals surface area contributed by atoms with Crippen LogP contribution in [0.5, 0.6) is 0 Å². The van der Waals surface area contributed by atoms with Crippen LogP contribution in [-0.2, 0) is 9.84 Å². The van der Waals surface area contributed by atoms with Gasteiger partial charge in [-0.3, -0.25) is 4.79 Å². The molecule has 0 bridgehead atoms. The van der Waals surface area contributed by atoms with Gasteiger partial charge in [0.2, 0.25) is 0 Å². The second-order valence-electron chi connectivity index (χ2n) is 4.71. The van der Waals surface area contributed by atoms with Crippen LogP contribution >= 0.6 is 0 Å². The van der Waals surface area contributed by atoms with E-state index in [4.69, 9.17) is 5.73 Å². The predicted molar refractivity (Wildman–Crippen MR) is 70.0 cm³/mol. The number of anilines is 1. The number of carbonyl (C=O) groups excluding carboxylic acids is 1. The summed E-state index contributed by atoms with van der Waals surface area (Å²) in [6.07, 6.45) is 0.419. The number of hydrogen-bond acceptors (Lipinski definition) is 4. The van der Waals surface area contributed by atoms with Crippen LogP contribution in [0.2, 0.25) is 0 Å². The molecule has 1 aliphatic heterocycles. The average molecular weight is 286 g/mol. The molecular formula is C12H15FN2O3S. The van der Waals surface area contributed by atoms with Gasteiger partial charge in [-0.05, 0) is 24.6 Å². The molecule has 1 aromatic carbocycles. The van der Waals surface area contributed by atoms with Crippen molar-refractivity contribution in [3.05, 3.63) is 29.6 Å². The van der Waals surface area contributed by atoms with Crippen LogP contribution in [0.3, 0.4) is 0 Å². The van der Waals surface area contributed by atoms with Crippen LogP contribution in [0.1, 0.15) is 16.8 Å². The molecule has 19 heavy (non-hydrogen) atoms. The highest BCUT2D eigenvalue weighted by Crippen LogP contribution is 2.20. The number of rotatable bonds is 2. The Morgan fingerprint density at radius 3 is 2.68 bits per heavy atom. The van der Waals surface area contributed by atoms with Gasteiger partial charge in [-0.15, -0.1) is 0 Å². The smallest absolute Gasteiger partial charge is 0.253 e. The Balaban J connectivity index is 2.17. The van der Waals surface area contributed by atoms with Gasteiger partial charge in [0.25, 0.3) is 5.91 Å². The number of benzene rings is 1. The molecular weight excluding hydrogens is 271 g/mol. The molecule has 1 amide bonds. The Morgan fingerprint density at radius 2 is 2.16 bits per heavy atom. The second kappa shape index (κ2) is 4.80. The first-order valence-corrected chi connectivity index (χ1v) is 7.65. The normalized spacial score (nSPS) is 21.3. The fourth-order valence-electron chi connectivity index (χ4n) is 2.11. The van der Waals surface area contributed by atoms with E-state index in [1.54, 1.807) is 0 Å². The summed E-state index contributed by atoms with van der Waals surface area (Å²) in [6, 6.07) is 3.47. The SMILES string of the molecule is CN(C(=O)c1ccc(N)c(F)c1)C1CCS(=O)(=O)C1. The van der Waals surface area contributed by atoms with Crippen LogP contribution in [0, 0.1) is 5.82 Å². The lowest BCUT2D eigenvalue weighted by Gasteiger charge is -2.23.